The molecule has 0 spiro atoms. The number of rotatable bonds is 11. The number of ether oxygens (including phenoxy) is 5. The van der Waals surface area contributed by atoms with E-state index in [1.165, 1.54) is 15.9 Å². The molecule has 5 rings (SSSR count). The molecule has 0 aliphatic heterocycles. The molecule has 214 valence electrons. The Kier molecular flexibility index (Phi) is 9.00. The molecule has 5 aromatic carbocycles. The molecule has 0 amide bonds. The van der Waals surface area contributed by atoms with Gasteiger partial charge < -0.3 is 23.7 Å². The van der Waals surface area contributed by atoms with Gasteiger partial charge in [-0.1, -0.05) is 60.7 Å². The fourth-order valence-electron chi connectivity index (χ4n) is 5.79. The molecule has 0 saturated carbocycles. The minimum Gasteiger partial charge on any atom is -0.496 e. The van der Waals surface area contributed by atoms with Crippen LogP contribution in [0.25, 0.3) is 0 Å². The third-order valence-electron chi connectivity index (χ3n) is 7.63. The zero-order valence-electron chi connectivity index (χ0n) is 24.6. The quantitative estimate of drug-likeness (QED) is 0.161. The molecular weight excluding hydrogens is 543 g/mol. The van der Waals surface area contributed by atoms with Gasteiger partial charge in [0.2, 0.25) is 0 Å². The standard InChI is InChI=1S/C36H36O5P/c1-37-27-24-33(40-4)35(34(25-27)41-5)36(26-21-22-31(38-2)32(23-26)39-3)42(28-15-9-6-10-16-28,29-17-11-7-12-18-29)30-19-13-8-14-20-30/h6-25,36H,1-5H3/q+1. The Morgan fingerprint density at radius 2 is 0.857 bits per heavy atom. The van der Waals surface area contributed by atoms with Gasteiger partial charge in [-0.25, -0.2) is 0 Å². The Morgan fingerprint density at radius 3 is 1.24 bits per heavy atom. The summed E-state index contributed by atoms with van der Waals surface area (Å²) in [6.45, 7) is 0. The number of methoxy groups -OCH3 is 5. The van der Waals surface area contributed by atoms with Crippen molar-refractivity contribution in [2.75, 3.05) is 35.5 Å². The molecule has 5 aromatic rings. The van der Waals surface area contributed by atoms with Crippen molar-refractivity contribution in [2.24, 2.45) is 0 Å². The molecule has 0 aliphatic carbocycles. The average Bonchev–Trinajstić information content (AvgIpc) is 3.07. The lowest BCUT2D eigenvalue weighted by atomic mass is 10.0. The largest absolute Gasteiger partial charge is 0.496 e. The first-order chi connectivity index (χ1) is 20.6. The van der Waals surface area contributed by atoms with Crippen LogP contribution >= 0.6 is 7.26 Å². The van der Waals surface area contributed by atoms with Gasteiger partial charge in [-0.15, -0.1) is 0 Å². The summed E-state index contributed by atoms with van der Waals surface area (Å²) in [7, 11) is 5.79. The second kappa shape index (κ2) is 13.0. The van der Waals surface area contributed by atoms with Crippen LogP contribution < -0.4 is 39.6 Å². The summed E-state index contributed by atoms with van der Waals surface area (Å²) >= 11 is 0. The van der Waals surface area contributed by atoms with E-state index in [1.54, 1.807) is 35.5 Å². The predicted molar refractivity (Wildman–Crippen MR) is 173 cm³/mol. The minimum absolute atomic E-state index is 0.250. The fraction of sp³-hybridized carbons (Fsp3) is 0.167. The van der Waals surface area contributed by atoms with Gasteiger partial charge in [0.15, 0.2) is 11.5 Å². The normalized spacial score (nSPS) is 11.8. The first-order valence-corrected chi connectivity index (χ1v) is 15.6. The van der Waals surface area contributed by atoms with Gasteiger partial charge >= 0.3 is 0 Å². The molecule has 5 nitrogen and oxygen atoms in total. The molecule has 0 aliphatic rings. The van der Waals surface area contributed by atoms with E-state index in [0.717, 1.165) is 11.1 Å². The van der Waals surface area contributed by atoms with E-state index in [1.807, 2.05) is 18.2 Å². The van der Waals surface area contributed by atoms with Crippen molar-refractivity contribution in [3.05, 3.63) is 132 Å². The molecule has 0 fully saturated rings. The van der Waals surface area contributed by atoms with Crippen molar-refractivity contribution < 1.29 is 23.7 Å². The summed E-state index contributed by atoms with van der Waals surface area (Å²) in [5, 5.41) is 3.67. The van der Waals surface area contributed by atoms with Gasteiger partial charge in [0, 0.05) is 17.7 Å². The average molecular weight is 580 g/mol. The Balaban J connectivity index is 2.03. The Labute approximate surface area is 249 Å². The van der Waals surface area contributed by atoms with E-state index < -0.39 is 7.26 Å². The molecule has 0 aromatic heterocycles. The summed E-state index contributed by atoms with van der Waals surface area (Å²) in [5.74, 6) is 3.33. The SMILES string of the molecule is COc1cc(OC)c(C(c2ccc(OC)c(OC)c2)[P+](c2ccccc2)(c2ccccc2)c2ccccc2)c(OC)c1. The van der Waals surface area contributed by atoms with Crippen LogP contribution in [0.15, 0.2) is 121 Å². The van der Waals surface area contributed by atoms with Gasteiger partial charge in [0.1, 0.15) is 46.1 Å². The Morgan fingerprint density at radius 1 is 0.429 bits per heavy atom. The van der Waals surface area contributed by atoms with Crippen LogP contribution in [-0.2, 0) is 0 Å². The molecule has 0 radical (unpaired) electrons. The number of hydrogen-bond donors (Lipinski definition) is 0. The maximum absolute atomic E-state index is 6.14. The zero-order valence-corrected chi connectivity index (χ0v) is 25.5. The highest BCUT2D eigenvalue weighted by Gasteiger charge is 2.55. The van der Waals surface area contributed by atoms with Crippen molar-refractivity contribution >= 4 is 23.2 Å². The molecule has 0 saturated heterocycles. The first kappa shape index (κ1) is 29.0. The van der Waals surface area contributed by atoms with Crippen LogP contribution in [0, 0.1) is 0 Å². The van der Waals surface area contributed by atoms with Crippen molar-refractivity contribution in [1.29, 1.82) is 0 Å². The van der Waals surface area contributed by atoms with Crippen molar-refractivity contribution in [1.82, 2.24) is 0 Å². The summed E-state index contributed by atoms with van der Waals surface area (Å²) in [6.07, 6.45) is 0. The maximum Gasteiger partial charge on any atom is 0.161 e. The highest BCUT2D eigenvalue weighted by atomic mass is 31.2. The van der Waals surface area contributed by atoms with E-state index in [0.29, 0.717) is 28.7 Å². The van der Waals surface area contributed by atoms with Crippen LogP contribution in [0.1, 0.15) is 16.8 Å². The minimum atomic E-state index is -2.56. The number of hydrogen-bond acceptors (Lipinski definition) is 5. The second-order valence-corrected chi connectivity index (χ2v) is 13.2. The molecule has 0 bridgehead atoms. The molecule has 0 N–H and O–H groups in total. The second-order valence-electron chi connectivity index (χ2n) is 9.69. The van der Waals surface area contributed by atoms with Gasteiger partial charge in [-0.05, 0) is 48.5 Å². The number of benzene rings is 5. The van der Waals surface area contributed by atoms with Crippen LogP contribution in [0.5, 0.6) is 28.7 Å². The maximum atomic E-state index is 6.14. The van der Waals surface area contributed by atoms with Crippen LogP contribution in [0.2, 0.25) is 0 Å². The fourth-order valence-corrected chi connectivity index (χ4v) is 10.8. The summed E-state index contributed by atoms with van der Waals surface area (Å²) in [4.78, 5) is 0. The van der Waals surface area contributed by atoms with E-state index >= 15 is 0 Å². The summed E-state index contributed by atoms with van der Waals surface area (Å²) < 4.78 is 29.4. The highest BCUT2D eigenvalue weighted by Crippen LogP contribution is 2.71. The lowest BCUT2D eigenvalue weighted by Crippen LogP contribution is -2.36. The van der Waals surface area contributed by atoms with Crippen molar-refractivity contribution in [3.63, 3.8) is 0 Å². The van der Waals surface area contributed by atoms with Crippen LogP contribution in [0.3, 0.4) is 0 Å². The highest BCUT2D eigenvalue weighted by molar-refractivity contribution is 7.96. The van der Waals surface area contributed by atoms with Gasteiger partial charge in [-0.3, -0.25) is 0 Å². The Bertz CT molecular complexity index is 1490. The lowest BCUT2D eigenvalue weighted by Gasteiger charge is -2.36. The summed E-state index contributed by atoms with van der Waals surface area (Å²) in [5.41, 5.74) is 1.72. The summed E-state index contributed by atoms with van der Waals surface area (Å²) in [6, 6.07) is 42.4. The van der Waals surface area contributed by atoms with Crippen LogP contribution in [0.4, 0.5) is 0 Å². The van der Waals surface area contributed by atoms with E-state index in [-0.39, 0.29) is 5.66 Å². The lowest BCUT2D eigenvalue weighted by molar-refractivity contribution is 0.354. The van der Waals surface area contributed by atoms with Gasteiger partial charge in [0.25, 0.3) is 0 Å². The molecule has 1 unspecified atom stereocenters. The predicted octanol–water partition coefficient (Wildman–Crippen LogP) is 6.81. The third kappa shape index (κ3) is 5.17. The van der Waals surface area contributed by atoms with Crippen LogP contribution in [-0.4, -0.2) is 35.5 Å². The van der Waals surface area contributed by atoms with Crippen molar-refractivity contribution in [2.45, 2.75) is 5.66 Å². The third-order valence-corrected chi connectivity index (χ3v) is 12.3. The Hall–Kier alpha value is -4.47. The molecule has 6 heteroatoms. The van der Waals surface area contributed by atoms with Crippen molar-refractivity contribution in [3.8, 4) is 28.7 Å². The topological polar surface area (TPSA) is 46.2 Å². The molecule has 0 heterocycles. The van der Waals surface area contributed by atoms with E-state index in [2.05, 4.69) is 103 Å². The van der Waals surface area contributed by atoms with E-state index in [9.17, 15) is 0 Å². The van der Waals surface area contributed by atoms with Gasteiger partial charge in [-0.2, -0.15) is 0 Å². The molecule has 42 heavy (non-hydrogen) atoms. The smallest absolute Gasteiger partial charge is 0.161 e. The van der Waals surface area contributed by atoms with Gasteiger partial charge in [0.05, 0.1) is 41.1 Å². The zero-order chi connectivity index (χ0) is 29.5. The van der Waals surface area contributed by atoms with E-state index in [4.69, 9.17) is 23.7 Å². The monoisotopic (exact) mass is 579 g/mol. The first-order valence-electron chi connectivity index (χ1n) is 13.7. The molecule has 1 atom stereocenters. The molecular formula is C36H36O5P+.